The van der Waals surface area contributed by atoms with Gasteiger partial charge in [-0.2, -0.15) is 0 Å². The SMILES string of the molecule is C=C/C=C\C.C=CCC1=C(c2ccc(Br)cc2)C(c2ccc(Br)cc2)=C(c2ccccc2)C1=O. The van der Waals surface area contributed by atoms with Crippen LogP contribution in [-0.4, -0.2) is 5.78 Å². The smallest absolute Gasteiger partial charge is 0.191 e. The third-order valence-corrected chi connectivity index (χ3v) is 6.37. The molecule has 3 heteroatoms. The lowest BCUT2D eigenvalue weighted by atomic mass is 9.90. The topological polar surface area (TPSA) is 17.1 Å². The number of benzene rings is 3. The molecule has 0 aromatic heterocycles. The molecule has 1 aliphatic carbocycles. The molecule has 0 saturated carbocycles. The summed E-state index contributed by atoms with van der Waals surface area (Å²) in [6.45, 7) is 9.31. The normalized spacial score (nSPS) is 13.2. The van der Waals surface area contributed by atoms with Gasteiger partial charge in [-0.15, -0.1) is 6.58 Å². The van der Waals surface area contributed by atoms with Crippen LogP contribution in [0.4, 0.5) is 0 Å². The van der Waals surface area contributed by atoms with Gasteiger partial charge in [0.25, 0.3) is 0 Å². The minimum atomic E-state index is 0.0759. The minimum absolute atomic E-state index is 0.0759. The Kier molecular flexibility index (Phi) is 9.38. The standard InChI is InChI=1S/C26H18Br2O.C5H8/c1-2-6-22-23(18-9-13-20(27)14-10-18)24(19-11-15-21(28)16-12-19)25(26(22)29)17-7-4-3-5-8-17;1-3-5-4-2/h2-5,7-16H,1,6H2;3-5H,1H2,2H3/b;5-4-. The number of Topliss-reactive ketones (excluding diaryl/α,β-unsaturated/α-hetero) is 1. The second-order valence-electron chi connectivity index (χ2n) is 7.57. The third-order valence-electron chi connectivity index (χ3n) is 5.31. The van der Waals surface area contributed by atoms with Gasteiger partial charge in [0.05, 0.1) is 0 Å². The highest BCUT2D eigenvalue weighted by Crippen LogP contribution is 2.47. The Hall–Kier alpha value is -3.01. The van der Waals surface area contributed by atoms with Gasteiger partial charge in [0.1, 0.15) is 0 Å². The molecule has 4 rings (SSSR count). The monoisotopic (exact) mass is 572 g/mol. The van der Waals surface area contributed by atoms with Crippen molar-refractivity contribution in [2.45, 2.75) is 13.3 Å². The van der Waals surface area contributed by atoms with Crippen molar-refractivity contribution in [1.29, 1.82) is 0 Å². The second kappa shape index (κ2) is 12.5. The van der Waals surface area contributed by atoms with Crippen molar-refractivity contribution in [3.63, 3.8) is 0 Å². The van der Waals surface area contributed by atoms with Crippen LogP contribution in [0, 0.1) is 0 Å². The zero-order valence-corrected chi connectivity index (χ0v) is 22.3. The molecule has 0 atom stereocenters. The first-order valence-electron chi connectivity index (χ1n) is 11.0. The van der Waals surface area contributed by atoms with E-state index in [9.17, 15) is 4.79 Å². The maximum Gasteiger partial charge on any atom is 0.191 e. The summed E-state index contributed by atoms with van der Waals surface area (Å²) in [7, 11) is 0. The van der Waals surface area contributed by atoms with Crippen molar-refractivity contribution < 1.29 is 4.79 Å². The number of ketones is 1. The van der Waals surface area contributed by atoms with Crippen LogP contribution in [-0.2, 0) is 4.79 Å². The van der Waals surface area contributed by atoms with Gasteiger partial charge in [0.15, 0.2) is 5.78 Å². The molecule has 0 bridgehead atoms. The van der Waals surface area contributed by atoms with Crippen LogP contribution in [0.5, 0.6) is 0 Å². The van der Waals surface area contributed by atoms with Crippen molar-refractivity contribution in [2.24, 2.45) is 0 Å². The van der Waals surface area contributed by atoms with E-state index in [1.165, 1.54) is 0 Å². The average Bonchev–Trinajstić information content (AvgIpc) is 3.14. The van der Waals surface area contributed by atoms with E-state index < -0.39 is 0 Å². The number of carbonyl (C=O) groups excluding carboxylic acids is 1. The Bertz CT molecular complexity index is 1260. The molecule has 0 heterocycles. The highest BCUT2D eigenvalue weighted by Gasteiger charge is 2.33. The van der Waals surface area contributed by atoms with E-state index in [2.05, 4.69) is 69.3 Å². The lowest BCUT2D eigenvalue weighted by molar-refractivity contribution is -0.110. The number of rotatable bonds is 6. The lowest BCUT2D eigenvalue weighted by Gasteiger charge is -2.13. The van der Waals surface area contributed by atoms with E-state index in [4.69, 9.17) is 0 Å². The molecule has 0 fully saturated rings. The minimum Gasteiger partial charge on any atom is -0.289 e. The zero-order chi connectivity index (χ0) is 24.5. The second-order valence-corrected chi connectivity index (χ2v) is 9.40. The van der Waals surface area contributed by atoms with Gasteiger partial charge in [-0.3, -0.25) is 4.79 Å². The van der Waals surface area contributed by atoms with E-state index in [1.807, 2.05) is 73.7 Å². The van der Waals surface area contributed by atoms with Crippen LogP contribution < -0.4 is 0 Å². The van der Waals surface area contributed by atoms with Crippen molar-refractivity contribution in [3.8, 4) is 0 Å². The van der Waals surface area contributed by atoms with Crippen molar-refractivity contribution in [1.82, 2.24) is 0 Å². The fourth-order valence-electron chi connectivity index (χ4n) is 3.85. The first-order valence-corrected chi connectivity index (χ1v) is 12.5. The molecule has 0 aliphatic heterocycles. The van der Waals surface area contributed by atoms with E-state index >= 15 is 0 Å². The van der Waals surface area contributed by atoms with Gasteiger partial charge in [-0.05, 0) is 59.9 Å². The molecular weight excluding hydrogens is 548 g/mol. The van der Waals surface area contributed by atoms with E-state index in [0.29, 0.717) is 6.42 Å². The number of hydrogen-bond acceptors (Lipinski definition) is 1. The number of hydrogen-bond donors (Lipinski definition) is 0. The van der Waals surface area contributed by atoms with Gasteiger partial charge in [-0.1, -0.05) is 117 Å². The van der Waals surface area contributed by atoms with Gasteiger partial charge in [-0.25, -0.2) is 0 Å². The Balaban J connectivity index is 0.000000588. The Morgan fingerprint density at radius 3 is 1.65 bits per heavy atom. The maximum atomic E-state index is 13.6. The number of halogens is 2. The predicted octanol–water partition coefficient (Wildman–Crippen LogP) is 9.48. The zero-order valence-electron chi connectivity index (χ0n) is 19.1. The van der Waals surface area contributed by atoms with Crippen LogP contribution in [0.15, 0.2) is 131 Å². The molecule has 3 aromatic rings. The van der Waals surface area contributed by atoms with Crippen LogP contribution >= 0.6 is 31.9 Å². The molecule has 0 amide bonds. The maximum absolute atomic E-state index is 13.6. The Morgan fingerprint density at radius 2 is 1.21 bits per heavy atom. The average molecular weight is 574 g/mol. The summed E-state index contributed by atoms with van der Waals surface area (Å²) in [5.41, 5.74) is 6.50. The third kappa shape index (κ3) is 5.91. The van der Waals surface area contributed by atoms with Crippen LogP contribution in [0.25, 0.3) is 16.7 Å². The molecule has 0 N–H and O–H groups in total. The van der Waals surface area contributed by atoms with Crippen molar-refractivity contribution in [3.05, 3.63) is 148 Å². The Morgan fingerprint density at radius 1 is 0.706 bits per heavy atom. The van der Waals surface area contributed by atoms with Crippen LogP contribution in [0.1, 0.15) is 30.0 Å². The fourth-order valence-corrected chi connectivity index (χ4v) is 4.38. The highest BCUT2D eigenvalue weighted by molar-refractivity contribution is 9.10. The molecule has 34 heavy (non-hydrogen) atoms. The van der Waals surface area contributed by atoms with Gasteiger partial charge < -0.3 is 0 Å². The molecule has 0 saturated heterocycles. The predicted molar refractivity (Wildman–Crippen MR) is 153 cm³/mol. The van der Waals surface area contributed by atoms with Gasteiger partial charge in [0, 0.05) is 25.7 Å². The fraction of sp³-hybridized carbons (Fsp3) is 0.0645. The first kappa shape index (κ1) is 25.6. The van der Waals surface area contributed by atoms with Crippen molar-refractivity contribution >= 4 is 54.4 Å². The molecule has 0 radical (unpaired) electrons. The molecule has 3 aromatic carbocycles. The van der Waals surface area contributed by atoms with Gasteiger partial charge in [0.2, 0.25) is 0 Å². The van der Waals surface area contributed by atoms with Crippen LogP contribution in [0.2, 0.25) is 0 Å². The van der Waals surface area contributed by atoms with Gasteiger partial charge >= 0.3 is 0 Å². The number of allylic oxidation sites excluding steroid dienone is 8. The lowest BCUT2D eigenvalue weighted by Crippen LogP contribution is -2.01. The summed E-state index contributed by atoms with van der Waals surface area (Å²) < 4.78 is 2.02. The Labute approximate surface area is 219 Å². The summed E-state index contributed by atoms with van der Waals surface area (Å²) >= 11 is 7.03. The van der Waals surface area contributed by atoms with Crippen LogP contribution in [0.3, 0.4) is 0 Å². The van der Waals surface area contributed by atoms with E-state index in [-0.39, 0.29) is 5.78 Å². The first-order chi connectivity index (χ1) is 16.5. The molecule has 0 unspecified atom stereocenters. The number of carbonyl (C=O) groups is 1. The molecule has 170 valence electrons. The summed E-state index contributed by atoms with van der Waals surface area (Å²) in [5, 5.41) is 0. The van der Waals surface area contributed by atoms with E-state index in [0.717, 1.165) is 47.9 Å². The largest absolute Gasteiger partial charge is 0.289 e. The summed E-state index contributed by atoms with van der Waals surface area (Å²) in [6.07, 6.45) is 7.91. The summed E-state index contributed by atoms with van der Waals surface area (Å²) in [5.74, 6) is 0.0759. The van der Waals surface area contributed by atoms with Crippen molar-refractivity contribution in [2.75, 3.05) is 0 Å². The molecular formula is C31H26Br2O. The summed E-state index contributed by atoms with van der Waals surface area (Å²) in [6, 6.07) is 26.2. The summed E-state index contributed by atoms with van der Waals surface area (Å²) in [4.78, 5) is 13.6. The quantitative estimate of drug-likeness (QED) is 0.212. The molecule has 1 nitrogen and oxygen atoms in total. The molecule has 1 aliphatic rings. The van der Waals surface area contributed by atoms with E-state index in [1.54, 1.807) is 12.2 Å². The molecule has 0 spiro atoms. The highest BCUT2D eigenvalue weighted by atomic mass is 79.9.